The second-order valence-corrected chi connectivity index (χ2v) is 6.09. The first-order valence-corrected chi connectivity index (χ1v) is 8.43. The molecule has 0 spiro atoms. The molecule has 0 fully saturated rings. The molecule has 7 heteroatoms. The number of esters is 1. The number of hydrogen-bond acceptors (Lipinski definition) is 6. The van der Waals surface area contributed by atoms with Crippen molar-refractivity contribution in [3.8, 4) is 11.3 Å². The molecule has 0 amide bonds. The monoisotopic (exact) mass is 366 g/mol. The number of halogens is 1. The Bertz CT molecular complexity index is 914. The Hall–Kier alpha value is -3.35. The van der Waals surface area contributed by atoms with Gasteiger partial charge in [-0.25, -0.2) is 9.18 Å². The van der Waals surface area contributed by atoms with Crippen molar-refractivity contribution in [2.24, 2.45) is 0 Å². The van der Waals surface area contributed by atoms with Gasteiger partial charge in [-0.1, -0.05) is 19.1 Å². The molecule has 0 aliphatic carbocycles. The molecular weight excluding hydrogens is 347 g/mol. The summed E-state index contributed by atoms with van der Waals surface area (Å²) >= 11 is 0. The van der Waals surface area contributed by atoms with Crippen LogP contribution in [0.4, 0.5) is 10.2 Å². The van der Waals surface area contributed by atoms with E-state index < -0.39 is 5.97 Å². The summed E-state index contributed by atoms with van der Waals surface area (Å²) in [5.74, 6) is 0.120. The minimum absolute atomic E-state index is 0.188. The van der Waals surface area contributed by atoms with Gasteiger partial charge in [-0.05, 0) is 41.8 Å². The van der Waals surface area contributed by atoms with E-state index in [1.54, 1.807) is 30.5 Å². The third-order valence-electron chi connectivity index (χ3n) is 4.15. The highest BCUT2D eigenvalue weighted by Crippen LogP contribution is 2.19. The molecule has 0 saturated carbocycles. The predicted octanol–water partition coefficient (Wildman–Crippen LogP) is 3.68. The number of rotatable bonds is 6. The SMILES string of the molecule is COC(=O)c1cncc(-c2ccc(NCC(C)c3ccc(F)cc3)nn2)c1. The number of anilines is 1. The van der Waals surface area contributed by atoms with Crippen LogP contribution < -0.4 is 5.32 Å². The lowest BCUT2D eigenvalue weighted by Crippen LogP contribution is -2.11. The van der Waals surface area contributed by atoms with Crippen molar-refractivity contribution in [1.29, 1.82) is 0 Å². The molecule has 1 N–H and O–H groups in total. The van der Waals surface area contributed by atoms with Gasteiger partial charge in [0, 0.05) is 24.5 Å². The minimum Gasteiger partial charge on any atom is -0.465 e. The predicted molar refractivity (Wildman–Crippen MR) is 99.9 cm³/mol. The molecule has 3 rings (SSSR count). The molecule has 0 bridgehead atoms. The van der Waals surface area contributed by atoms with E-state index in [1.165, 1.54) is 25.4 Å². The molecule has 3 aromatic rings. The highest BCUT2D eigenvalue weighted by Gasteiger charge is 2.10. The number of carbonyl (C=O) groups is 1. The lowest BCUT2D eigenvalue weighted by atomic mass is 10.0. The molecular formula is C20H19FN4O2. The van der Waals surface area contributed by atoms with E-state index in [0.717, 1.165) is 5.56 Å². The number of carbonyl (C=O) groups excluding carboxylic acids is 1. The van der Waals surface area contributed by atoms with E-state index >= 15 is 0 Å². The van der Waals surface area contributed by atoms with Gasteiger partial charge in [0.2, 0.25) is 0 Å². The fourth-order valence-corrected chi connectivity index (χ4v) is 2.56. The molecule has 1 unspecified atom stereocenters. The van der Waals surface area contributed by atoms with E-state index in [2.05, 4.69) is 20.5 Å². The van der Waals surface area contributed by atoms with Crippen LogP contribution in [0, 0.1) is 5.82 Å². The van der Waals surface area contributed by atoms with Crippen LogP contribution in [0.5, 0.6) is 0 Å². The molecule has 1 atom stereocenters. The number of methoxy groups -OCH3 is 1. The van der Waals surface area contributed by atoms with E-state index in [9.17, 15) is 9.18 Å². The van der Waals surface area contributed by atoms with Crippen LogP contribution >= 0.6 is 0 Å². The molecule has 138 valence electrons. The summed E-state index contributed by atoms with van der Waals surface area (Å²) in [6.07, 6.45) is 3.05. The molecule has 0 saturated heterocycles. The number of nitrogens with zero attached hydrogens (tertiary/aromatic N) is 3. The maximum Gasteiger partial charge on any atom is 0.339 e. The summed E-state index contributed by atoms with van der Waals surface area (Å²) in [5, 5.41) is 11.6. The second-order valence-electron chi connectivity index (χ2n) is 6.09. The van der Waals surface area contributed by atoms with Gasteiger partial charge >= 0.3 is 5.97 Å². The number of hydrogen-bond donors (Lipinski definition) is 1. The minimum atomic E-state index is -0.453. The zero-order chi connectivity index (χ0) is 19.2. The van der Waals surface area contributed by atoms with Gasteiger partial charge in [0.15, 0.2) is 0 Å². The Morgan fingerprint density at radius 2 is 1.93 bits per heavy atom. The van der Waals surface area contributed by atoms with Crippen molar-refractivity contribution in [2.75, 3.05) is 19.0 Å². The van der Waals surface area contributed by atoms with E-state index in [-0.39, 0.29) is 11.7 Å². The smallest absolute Gasteiger partial charge is 0.339 e. The fraction of sp³-hybridized carbons (Fsp3) is 0.200. The summed E-state index contributed by atoms with van der Waals surface area (Å²) in [5.41, 5.74) is 2.67. The average Bonchev–Trinajstić information content (AvgIpc) is 2.72. The Labute approximate surface area is 156 Å². The molecule has 0 aliphatic rings. The van der Waals surface area contributed by atoms with Gasteiger partial charge in [0.1, 0.15) is 11.6 Å². The Kier molecular flexibility index (Phi) is 5.71. The molecule has 2 heterocycles. The van der Waals surface area contributed by atoms with Crippen molar-refractivity contribution >= 4 is 11.8 Å². The van der Waals surface area contributed by atoms with Gasteiger partial charge in [0.25, 0.3) is 0 Å². The number of pyridine rings is 1. The van der Waals surface area contributed by atoms with Crippen molar-refractivity contribution < 1.29 is 13.9 Å². The standard InChI is InChI=1S/C20H19FN4O2/c1-13(14-3-5-17(21)6-4-14)10-23-19-8-7-18(24-25-19)15-9-16(12-22-11-15)20(26)27-2/h3-9,11-13H,10H2,1-2H3,(H,23,25). The number of aromatic nitrogens is 3. The molecule has 2 aromatic heterocycles. The first-order valence-electron chi connectivity index (χ1n) is 8.43. The molecule has 1 aromatic carbocycles. The summed E-state index contributed by atoms with van der Waals surface area (Å²) < 4.78 is 17.7. The first-order chi connectivity index (χ1) is 13.1. The highest BCUT2D eigenvalue weighted by molar-refractivity contribution is 5.90. The lowest BCUT2D eigenvalue weighted by Gasteiger charge is -2.13. The topological polar surface area (TPSA) is 77.0 Å². The number of ether oxygens (including phenoxy) is 1. The van der Waals surface area contributed by atoms with E-state index in [1.807, 2.05) is 13.0 Å². The van der Waals surface area contributed by atoms with Crippen LogP contribution in [-0.2, 0) is 4.74 Å². The van der Waals surface area contributed by atoms with Gasteiger partial charge < -0.3 is 10.1 Å². The quantitative estimate of drug-likeness (QED) is 0.671. The summed E-state index contributed by atoms with van der Waals surface area (Å²) in [4.78, 5) is 15.6. The lowest BCUT2D eigenvalue weighted by molar-refractivity contribution is 0.0600. The first kappa shape index (κ1) is 18.4. The van der Waals surface area contributed by atoms with Crippen molar-refractivity contribution in [3.05, 3.63) is 71.8 Å². The normalized spacial score (nSPS) is 11.7. The van der Waals surface area contributed by atoms with Crippen molar-refractivity contribution in [1.82, 2.24) is 15.2 Å². The maximum absolute atomic E-state index is 13.0. The maximum atomic E-state index is 13.0. The summed E-state index contributed by atoms with van der Waals surface area (Å²) in [6.45, 7) is 2.69. The van der Waals surface area contributed by atoms with Crippen LogP contribution in [0.3, 0.4) is 0 Å². The van der Waals surface area contributed by atoms with Gasteiger partial charge in [-0.3, -0.25) is 4.98 Å². The molecule has 27 heavy (non-hydrogen) atoms. The van der Waals surface area contributed by atoms with Crippen molar-refractivity contribution in [2.45, 2.75) is 12.8 Å². The Balaban J connectivity index is 1.65. The Morgan fingerprint density at radius 3 is 2.59 bits per heavy atom. The van der Waals surface area contributed by atoms with E-state index in [4.69, 9.17) is 4.74 Å². The largest absolute Gasteiger partial charge is 0.465 e. The second kappa shape index (κ2) is 8.35. The van der Waals surface area contributed by atoms with Gasteiger partial charge in [0.05, 0.1) is 18.4 Å². The van der Waals surface area contributed by atoms with Crippen LogP contribution in [0.15, 0.2) is 54.9 Å². The molecule has 0 radical (unpaired) electrons. The van der Waals surface area contributed by atoms with Crippen LogP contribution in [0.1, 0.15) is 28.8 Å². The fourth-order valence-electron chi connectivity index (χ4n) is 2.56. The van der Waals surface area contributed by atoms with Gasteiger partial charge in [-0.15, -0.1) is 10.2 Å². The summed E-state index contributed by atoms with van der Waals surface area (Å²) in [6, 6.07) is 11.7. The zero-order valence-electron chi connectivity index (χ0n) is 15.0. The summed E-state index contributed by atoms with van der Waals surface area (Å²) in [7, 11) is 1.32. The van der Waals surface area contributed by atoms with Crippen LogP contribution in [0.2, 0.25) is 0 Å². The highest BCUT2D eigenvalue weighted by atomic mass is 19.1. The third-order valence-corrected chi connectivity index (χ3v) is 4.15. The number of benzene rings is 1. The number of nitrogens with one attached hydrogen (secondary N) is 1. The van der Waals surface area contributed by atoms with Crippen molar-refractivity contribution in [3.63, 3.8) is 0 Å². The van der Waals surface area contributed by atoms with Crippen LogP contribution in [0.25, 0.3) is 11.3 Å². The zero-order valence-corrected chi connectivity index (χ0v) is 15.0. The molecule has 6 nitrogen and oxygen atoms in total. The Morgan fingerprint density at radius 1 is 1.15 bits per heavy atom. The average molecular weight is 366 g/mol. The van der Waals surface area contributed by atoms with Gasteiger partial charge in [-0.2, -0.15) is 0 Å². The van der Waals surface area contributed by atoms with Crippen LogP contribution in [-0.4, -0.2) is 34.8 Å². The van der Waals surface area contributed by atoms with E-state index in [0.29, 0.717) is 29.2 Å². The third kappa shape index (κ3) is 4.63. The molecule has 0 aliphatic heterocycles.